The van der Waals surface area contributed by atoms with Crippen molar-refractivity contribution in [1.29, 1.82) is 5.26 Å². The summed E-state index contributed by atoms with van der Waals surface area (Å²) in [7, 11) is 0. The molecule has 2 atom stereocenters. The van der Waals surface area contributed by atoms with Crippen LogP contribution in [0.25, 0.3) is 4.85 Å². The van der Waals surface area contributed by atoms with Crippen LogP contribution in [0, 0.1) is 18.4 Å². The Hall–Kier alpha value is -1.42. The fraction of sp³-hybridized carbons (Fsp3) is 0.800. The van der Waals surface area contributed by atoms with Crippen LogP contribution in [-0.4, -0.2) is 70.5 Å². The molecule has 0 radical (unpaired) electrons. The number of hydrogen-bond acceptors (Lipinski definition) is 9. The van der Waals surface area contributed by atoms with E-state index in [1.807, 2.05) is 0 Å². The minimum atomic E-state index is -0.805. The maximum atomic E-state index is 12.1. The number of amides is 2. The summed E-state index contributed by atoms with van der Waals surface area (Å²) in [6.07, 6.45) is 0.822. The van der Waals surface area contributed by atoms with E-state index >= 15 is 0 Å². The summed E-state index contributed by atoms with van der Waals surface area (Å²) in [4.78, 5) is 50.9. The van der Waals surface area contributed by atoms with Gasteiger partial charge < -0.3 is 46.3 Å². The Balaban J connectivity index is -0.000000337. The van der Waals surface area contributed by atoms with E-state index in [1.165, 1.54) is 0 Å². The van der Waals surface area contributed by atoms with Crippen LogP contribution >= 0.6 is 15.9 Å². The zero-order chi connectivity index (χ0) is 34.7. The predicted molar refractivity (Wildman–Crippen MR) is 167 cm³/mol. The molecule has 0 aliphatic heterocycles. The van der Waals surface area contributed by atoms with Crippen LogP contribution in [0.2, 0.25) is 0 Å². The Kier molecular flexibility index (Phi) is 26.8. The molecule has 248 valence electrons. The molecule has 0 saturated carbocycles. The molecular weight excluding hydrogens is 663 g/mol. The van der Waals surface area contributed by atoms with E-state index in [9.17, 15) is 19.2 Å². The quantitative estimate of drug-likeness (QED) is 0.0864. The molecule has 12 nitrogen and oxygen atoms in total. The molecule has 2 amide bonds. The number of halogens is 1. The molecule has 0 aromatic heterocycles. The van der Waals surface area contributed by atoms with E-state index in [0.717, 1.165) is 11.8 Å². The number of carbonyl (C=O) groups excluding carboxylic acids is 4. The zero-order valence-electron chi connectivity index (χ0n) is 28.9. The molecule has 0 bridgehead atoms. The van der Waals surface area contributed by atoms with E-state index < -0.39 is 58.6 Å². The van der Waals surface area contributed by atoms with Crippen LogP contribution in [0.4, 0.5) is 9.59 Å². The Bertz CT molecular complexity index is 927. The predicted octanol–water partition coefficient (Wildman–Crippen LogP) is 3.42. The Morgan fingerprint density at radius 3 is 1.20 bits per heavy atom. The van der Waals surface area contributed by atoms with E-state index in [4.69, 9.17) is 37.4 Å². The number of nitrogens with zero attached hydrogens (tertiary/aromatic N) is 2. The van der Waals surface area contributed by atoms with Gasteiger partial charge in [-0.2, -0.15) is 0 Å². The third kappa shape index (κ3) is 33.5. The summed E-state index contributed by atoms with van der Waals surface area (Å²) >= 11 is 3.31. The smallest absolute Gasteiger partial charge is 0.512 e. The summed E-state index contributed by atoms with van der Waals surface area (Å²) in [5.41, 5.74) is -2.46. The van der Waals surface area contributed by atoms with Crippen molar-refractivity contribution in [3.63, 3.8) is 0 Å². The number of esters is 2. The molecule has 0 fully saturated rings. The van der Waals surface area contributed by atoms with Crippen LogP contribution in [0.1, 0.15) is 109 Å². The molecule has 0 spiro atoms. The van der Waals surface area contributed by atoms with Crippen molar-refractivity contribution in [2.24, 2.45) is 0 Å². The van der Waals surface area contributed by atoms with E-state index in [0.29, 0.717) is 25.8 Å². The number of alkyl carbamates (subject to hydrolysis) is 2. The molecule has 0 rings (SSSR count). The van der Waals surface area contributed by atoms with Gasteiger partial charge in [0.2, 0.25) is 6.54 Å². The van der Waals surface area contributed by atoms with E-state index in [1.54, 1.807) is 83.1 Å². The van der Waals surface area contributed by atoms with Crippen molar-refractivity contribution in [3.8, 4) is 0 Å². The maximum absolute atomic E-state index is 12.1. The Morgan fingerprint density at radius 1 is 0.659 bits per heavy atom. The van der Waals surface area contributed by atoms with Gasteiger partial charge in [-0.05, 0) is 102 Å². The largest absolute Gasteiger partial charge is 1.00 e. The van der Waals surface area contributed by atoms with Crippen molar-refractivity contribution >= 4 is 40.1 Å². The van der Waals surface area contributed by atoms with Gasteiger partial charge in [0, 0.05) is 11.8 Å². The normalized spacial score (nSPS) is 12.4. The van der Waals surface area contributed by atoms with Gasteiger partial charge in [-0.15, -0.1) is 0 Å². The standard InChI is InChI=1S/C15H26N2O4.C14H26BrNO4.CN.K/c1-14(2,3)20-12(18)11(9-8-10-16-7)17-13(19)21-15(4,5)6;1-13(2,3)19-11(17)10(8-7-9-15)16-12(18)20-14(4,5)6;1-2;/h11H,8-10H2,1-6H3,(H,17,19);10H,7-9H2,1-6H3,(H,16,18);;/q;;-1;+1/t11-;10-;;/m00../s1. The molecule has 0 heterocycles. The van der Waals surface area contributed by atoms with Gasteiger partial charge in [0.1, 0.15) is 34.5 Å². The maximum Gasteiger partial charge on any atom is 1.00 e. The first-order chi connectivity index (χ1) is 19.4. The first-order valence-corrected chi connectivity index (χ1v) is 15.1. The van der Waals surface area contributed by atoms with Gasteiger partial charge in [-0.25, -0.2) is 25.8 Å². The minimum Gasteiger partial charge on any atom is -0.512 e. The first kappa shape index (κ1) is 49.5. The summed E-state index contributed by atoms with van der Waals surface area (Å²) in [5.74, 6) is -0.956. The van der Waals surface area contributed by atoms with Gasteiger partial charge in [0.15, 0.2) is 0 Å². The Morgan fingerprint density at radius 2 is 0.955 bits per heavy atom. The molecule has 0 aliphatic carbocycles. The van der Waals surface area contributed by atoms with Crippen LogP contribution in [0.15, 0.2) is 0 Å². The SMILES string of the molecule is CC(C)(C)OC(=O)N[C@@H](CCCBr)C(=O)OC(C)(C)C.[C-]#N.[C-]#[N+]CCC[C@H](NC(=O)OC(C)(C)C)C(=O)OC(C)(C)C.[K+]. The molecular formula is C30H52BrKN4O8. The minimum absolute atomic E-state index is 0. The summed E-state index contributed by atoms with van der Waals surface area (Å²) in [6, 6.07) is -1.50. The molecule has 0 aliphatic rings. The average Bonchev–Trinajstić information content (AvgIpc) is 2.78. The fourth-order valence-corrected chi connectivity index (χ4v) is 3.12. The molecule has 0 saturated heterocycles. The third-order valence-corrected chi connectivity index (χ3v) is 4.71. The van der Waals surface area contributed by atoms with Crippen LogP contribution in [-0.2, 0) is 28.5 Å². The number of carbonyl (C=O) groups is 4. The van der Waals surface area contributed by atoms with Gasteiger partial charge in [0.25, 0.3) is 0 Å². The summed E-state index contributed by atoms with van der Waals surface area (Å²) < 4.78 is 20.9. The molecule has 0 unspecified atom stereocenters. The topological polar surface area (TPSA) is 157 Å². The Labute approximate surface area is 315 Å². The molecule has 14 heteroatoms. The monoisotopic (exact) mass is 714 g/mol. The van der Waals surface area contributed by atoms with Gasteiger partial charge >= 0.3 is 75.5 Å². The van der Waals surface area contributed by atoms with Crippen LogP contribution < -0.4 is 62.0 Å². The van der Waals surface area contributed by atoms with Gasteiger partial charge in [-0.3, -0.25) is 0 Å². The zero-order valence-corrected chi connectivity index (χ0v) is 33.6. The van der Waals surface area contributed by atoms with Crippen LogP contribution in [0.3, 0.4) is 0 Å². The number of ether oxygens (including phenoxy) is 4. The fourth-order valence-electron chi connectivity index (χ4n) is 2.80. The second-order valence-corrected chi connectivity index (χ2v) is 14.1. The molecule has 0 aromatic carbocycles. The van der Waals surface area contributed by atoms with E-state index in [-0.39, 0.29) is 51.4 Å². The summed E-state index contributed by atoms with van der Waals surface area (Å²) in [6.45, 7) is 33.0. The van der Waals surface area contributed by atoms with Crippen LogP contribution in [0.5, 0.6) is 0 Å². The van der Waals surface area contributed by atoms with Crippen molar-refractivity contribution in [3.05, 3.63) is 18.0 Å². The first-order valence-electron chi connectivity index (χ1n) is 14.0. The van der Waals surface area contributed by atoms with Crippen molar-refractivity contribution in [1.82, 2.24) is 10.6 Å². The number of rotatable bonds is 10. The van der Waals surface area contributed by atoms with E-state index in [2.05, 4.69) is 31.4 Å². The van der Waals surface area contributed by atoms with Crippen molar-refractivity contribution < 1.29 is 89.5 Å². The number of hydrogen-bond donors (Lipinski definition) is 2. The van der Waals surface area contributed by atoms with Gasteiger partial charge in [0.05, 0.1) is 0 Å². The molecule has 2 N–H and O–H groups in total. The molecule has 44 heavy (non-hydrogen) atoms. The molecule has 0 aromatic rings. The second kappa shape index (κ2) is 23.8. The van der Waals surface area contributed by atoms with Crippen molar-refractivity contribution in [2.75, 3.05) is 11.9 Å². The number of nitrogens with one attached hydrogen (secondary N) is 2. The van der Waals surface area contributed by atoms with Gasteiger partial charge in [-0.1, -0.05) is 15.9 Å². The average molecular weight is 716 g/mol. The summed E-state index contributed by atoms with van der Waals surface area (Å²) in [5, 5.41) is 12.1. The third-order valence-electron chi connectivity index (χ3n) is 4.15. The second-order valence-electron chi connectivity index (χ2n) is 13.3. The van der Waals surface area contributed by atoms with Crippen molar-refractivity contribution in [2.45, 2.75) is 143 Å². The number of alkyl halides is 1.